The summed E-state index contributed by atoms with van der Waals surface area (Å²) in [6.45, 7) is 5.38. The Balaban J connectivity index is 2.20. The van der Waals surface area contributed by atoms with E-state index in [9.17, 15) is 0 Å². The van der Waals surface area contributed by atoms with Crippen molar-refractivity contribution in [2.24, 2.45) is 5.73 Å². The minimum Gasteiger partial charge on any atom is -0.490 e. The van der Waals surface area contributed by atoms with E-state index in [1.807, 2.05) is 31.4 Å². The van der Waals surface area contributed by atoms with Gasteiger partial charge in [-0.25, -0.2) is 4.98 Å². The average molecular weight is 357 g/mol. The molecule has 0 atom stereocenters. The molecule has 0 radical (unpaired) electrons. The molecule has 2 rings (SSSR count). The van der Waals surface area contributed by atoms with Gasteiger partial charge in [0.15, 0.2) is 11.5 Å². The Bertz CT molecular complexity index is 587. The zero-order chi connectivity index (χ0) is 14.5. The van der Waals surface area contributed by atoms with Crippen molar-refractivity contribution in [3.05, 3.63) is 38.3 Å². The summed E-state index contributed by atoms with van der Waals surface area (Å²) in [5, 5.41) is 2.95. The van der Waals surface area contributed by atoms with Gasteiger partial charge in [0.2, 0.25) is 0 Å². The van der Waals surface area contributed by atoms with Crippen LogP contribution in [0.1, 0.15) is 23.2 Å². The summed E-state index contributed by atoms with van der Waals surface area (Å²) in [5.41, 5.74) is 7.68. The Hall–Kier alpha value is -1.11. The molecule has 2 aromatic rings. The summed E-state index contributed by atoms with van der Waals surface area (Å²) in [5.74, 6) is 1.40. The first-order valence-electron chi connectivity index (χ1n) is 6.33. The number of hydrogen-bond donors (Lipinski definition) is 1. The minimum absolute atomic E-state index is 0.430. The molecule has 0 aliphatic heterocycles. The van der Waals surface area contributed by atoms with Crippen molar-refractivity contribution < 1.29 is 9.47 Å². The van der Waals surface area contributed by atoms with Crippen LogP contribution in [0.4, 0.5) is 0 Å². The molecule has 4 nitrogen and oxygen atoms in total. The number of hydrogen-bond acceptors (Lipinski definition) is 5. The average Bonchev–Trinajstić information content (AvgIpc) is 2.83. The highest BCUT2D eigenvalue weighted by Gasteiger charge is 2.13. The number of aryl methyl sites for hydroxylation is 1. The van der Waals surface area contributed by atoms with E-state index >= 15 is 0 Å². The van der Waals surface area contributed by atoms with Crippen LogP contribution in [0.3, 0.4) is 0 Å². The number of aromatic nitrogens is 1. The molecular weight excluding hydrogens is 340 g/mol. The molecule has 1 heterocycles. The summed E-state index contributed by atoms with van der Waals surface area (Å²) in [7, 11) is 0. The van der Waals surface area contributed by atoms with E-state index in [0.29, 0.717) is 31.3 Å². The van der Waals surface area contributed by atoms with E-state index in [0.717, 1.165) is 20.7 Å². The topological polar surface area (TPSA) is 57.4 Å². The van der Waals surface area contributed by atoms with Gasteiger partial charge in [0, 0.05) is 17.6 Å². The minimum atomic E-state index is 0.430. The molecular formula is C14H17BrN2O2S. The first-order valence-corrected chi connectivity index (χ1v) is 8.00. The van der Waals surface area contributed by atoms with Crippen molar-refractivity contribution in [3.63, 3.8) is 0 Å². The van der Waals surface area contributed by atoms with Crippen molar-refractivity contribution in [1.82, 2.24) is 4.98 Å². The highest BCUT2D eigenvalue weighted by molar-refractivity contribution is 9.10. The number of nitrogens with two attached hydrogens (primary N) is 1. The first-order chi connectivity index (χ1) is 9.63. The molecule has 0 fully saturated rings. The van der Waals surface area contributed by atoms with Gasteiger partial charge in [-0.1, -0.05) is 0 Å². The first kappa shape index (κ1) is 15.3. The van der Waals surface area contributed by atoms with E-state index in [-0.39, 0.29) is 0 Å². The van der Waals surface area contributed by atoms with Crippen LogP contribution >= 0.6 is 27.3 Å². The van der Waals surface area contributed by atoms with Crippen LogP contribution in [0.15, 0.2) is 22.0 Å². The Morgan fingerprint density at radius 3 is 2.75 bits per heavy atom. The van der Waals surface area contributed by atoms with E-state index < -0.39 is 0 Å². The van der Waals surface area contributed by atoms with Crippen LogP contribution < -0.4 is 15.2 Å². The molecule has 0 aliphatic carbocycles. The summed E-state index contributed by atoms with van der Waals surface area (Å²) in [6, 6.07) is 3.86. The molecule has 0 amide bonds. The SMILES string of the molecule is CCOc1cc(CN)cc(Br)c1OCc1nc(C)cs1. The Morgan fingerprint density at radius 1 is 1.35 bits per heavy atom. The van der Waals surface area contributed by atoms with Crippen LogP contribution in [0, 0.1) is 6.92 Å². The van der Waals surface area contributed by atoms with Gasteiger partial charge in [0.05, 0.1) is 11.1 Å². The smallest absolute Gasteiger partial charge is 0.175 e. The third kappa shape index (κ3) is 3.71. The summed E-state index contributed by atoms with van der Waals surface area (Å²) in [4.78, 5) is 4.38. The van der Waals surface area contributed by atoms with E-state index in [4.69, 9.17) is 15.2 Å². The van der Waals surface area contributed by atoms with Gasteiger partial charge in [-0.15, -0.1) is 11.3 Å². The monoisotopic (exact) mass is 356 g/mol. The van der Waals surface area contributed by atoms with Gasteiger partial charge in [0.25, 0.3) is 0 Å². The lowest BCUT2D eigenvalue weighted by molar-refractivity contribution is 0.267. The zero-order valence-electron chi connectivity index (χ0n) is 11.5. The van der Waals surface area contributed by atoms with Gasteiger partial charge >= 0.3 is 0 Å². The van der Waals surface area contributed by atoms with Crippen molar-refractivity contribution in [1.29, 1.82) is 0 Å². The molecule has 108 valence electrons. The Morgan fingerprint density at radius 2 is 2.15 bits per heavy atom. The third-order valence-electron chi connectivity index (χ3n) is 2.61. The quantitative estimate of drug-likeness (QED) is 0.857. The molecule has 0 aliphatic rings. The van der Waals surface area contributed by atoms with Crippen LogP contribution in [-0.2, 0) is 13.2 Å². The number of rotatable bonds is 6. The fourth-order valence-corrected chi connectivity index (χ4v) is 3.03. The normalized spacial score (nSPS) is 10.6. The molecule has 1 aromatic heterocycles. The highest BCUT2D eigenvalue weighted by Crippen LogP contribution is 2.37. The van der Waals surface area contributed by atoms with Crippen molar-refractivity contribution in [3.8, 4) is 11.5 Å². The van der Waals surface area contributed by atoms with Gasteiger partial charge < -0.3 is 15.2 Å². The standard InChI is InChI=1S/C14H17BrN2O2S/c1-3-18-12-5-10(6-16)4-11(15)14(12)19-7-13-17-9(2)8-20-13/h4-5,8H,3,6-7,16H2,1-2H3. The second-order valence-electron chi connectivity index (χ2n) is 4.21. The summed E-state index contributed by atoms with van der Waals surface area (Å²) < 4.78 is 12.3. The molecule has 0 saturated carbocycles. The van der Waals surface area contributed by atoms with Crippen molar-refractivity contribution >= 4 is 27.3 Å². The highest BCUT2D eigenvalue weighted by atomic mass is 79.9. The lowest BCUT2D eigenvalue weighted by Gasteiger charge is -2.14. The van der Waals surface area contributed by atoms with Crippen molar-refractivity contribution in [2.75, 3.05) is 6.61 Å². The fourth-order valence-electron chi connectivity index (χ4n) is 1.75. The molecule has 0 saturated heterocycles. The van der Waals surface area contributed by atoms with Gasteiger partial charge in [0.1, 0.15) is 11.6 Å². The fraction of sp³-hybridized carbons (Fsp3) is 0.357. The Kier molecular flexibility index (Phi) is 5.39. The van der Waals surface area contributed by atoms with Gasteiger partial charge in [-0.05, 0) is 47.5 Å². The number of benzene rings is 1. The largest absolute Gasteiger partial charge is 0.490 e. The van der Waals surface area contributed by atoms with Crippen LogP contribution in [0.2, 0.25) is 0 Å². The molecule has 20 heavy (non-hydrogen) atoms. The van der Waals surface area contributed by atoms with Crippen LogP contribution in [0.5, 0.6) is 11.5 Å². The number of thiazole rings is 1. The maximum atomic E-state index is 5.85. The molecule has 0 spiro atoms. The predicted octanol–water partition coefficient (Wildman–Crippen LogP) is 3.65. The third-order valence-corrected chi connectivity index (χ3v) is 4.14. The summed E-state index contributed by atoms with van der Waals surface area (Å²) >= 11 is 5.10. The van der Waals surface area contributed by atoms with Crippen molar-refractivity contribution in [2.45, 2.75) is 27.0 Å². The van der Waals surface area contributed by atoms with Gasteiger partial charge in [-0.3, -0.25) is 0 Å². The van der Waals surface area contributed by atoms with Crippen LogP contribution in [-0.4, -0.2) is 11.6 Å². The lowest BCUT2D eigenvalue weighted by Crippen LogP contribution is -2.03. The molecule has 0 bridgehead atoms. The molecule has 2 N–H and O–H groups in total. The number of nitrogens with zero attached hydrogens (tertiary/aromatic N) is 1. The van der Waals surface area contributed by atoms with Crippen LogP contribution in [0.25, 0.3) is 0 Å². The molecule has 1 aromatic carbocycles. The second kappa shape index (κ2) is 7.06. The maximum absolute atomic E-state index is 5.85. The van der Waals surface area contributed by atoms with E-state index in [1.165, 1.54) is 0 Å². The zero-order valence-corrected chi connectivity index (χ0v) is 13.9. The van der Waals surface area contributed by atoms with E-state index in [1.54, 1.807) is 11.3 Å². The Labute approximate surface area is 131 Å². The lowest BCUT2D eigenvalue weighted by atomic mass is 10.2. The second-order valence-corrected chi connectivity index (χ2v) is 6.01. The predicted molar refractivity (Wildman–Crippen MR) is 84.4 cm³/mol. The number of ether oxygens (including phenoxy) is 2. The summed E-state index contributed by atoms with van der Waals surface area (Å²) in [6.07, 6.45) is 0. The van der Waals surface area contributed by atoms with Gasteiger partial charge in [-0.2, -0.15) is 0 Å². The molecule has 6 heteroatoms. The van der Waals surface area contributed by atoms with E-state index in [2.05, 4.69) is 20.9 Å². The number of halogens is 1. The maximum Gasteiger partial charge on any atom is 0.175 e. The molecule has 0 unspecified atom stereocenters.